The highest BCUT2D eigenvalue weighted by molar-refractivity contribution is 8.05. The van der Waals surface area contributed by atoms with Crippen molar-refractivity contribution in [3.63, 3.8) is 0 Å². The number of hydrogen-bond acceptors (Lipinski definition) is 5. The summed E-state index contributed by atoms with van der Waals surface area (Å²) in [5.41, 5.74) is 0.713. The molecule has 1 atom stereocenters. The van der Waals surface area contributed by atoms with E-state index in [0.29, 0.717) is 22.1 Å². The van der Waals surface area contributed by atoms with Crippen LogP contribution < -0.4 is 20.1 Å². The van der Waals surface area contributed by atoms with Crippen LogP contribution >= 0.6 is 11.8 Å². The molecule has 2 N–H and O–H groups in total. The number of carbonyl (C=O) groups excluding carboxylic acids is 1. The van der Waals surface area contributed by atoms with Crippen LogP contribution in [0.15, 0.2) is 47.4 Å². The van der Waals surface area contributed by atoms with Crippen molar-refractivity contribution in [1.29, 1.82) is 0 Å². The normalized spacial score (nSPS) is 18.1. The Balaban J connectivity index is 1.76. The van der Waals surface area contributed by atoms with Crippen molar-refractivity contribution >= 4 is 29.4 Å². The Morgan fingerprint density at radius 1 is 1.16 bits per heavy atom. The molecule has 1 fully saturated rings. The quantitative estimate of drug-likeness (QED) is 0.800. The van der Waals surface area contributed by atoms with Gasteiger partial charge in [0.05, 0.1) is 24.8 Å². The number of carbonyl (C=O) groups is 1. The molecule has 1 amide bonds. The minimum absolute atomic E-state index is 0.214. The van der Waals surface area contributed by atoms with E-state index in [-0.39, 0.29) is 11.7 Å². The number of hydrogen-bond donors (Lipinski definition) is 2. The van der Waals surface area contributed by atoms with E-state index in [9.17, 15) is 9.18 Å². The van der Waals surface area contributed by atoms with E-state index < -0.39 is 5.50 Å². The van der Waals surface area contributed by atoms with Gasteiger partial charge in [-0.25, -0.2) is 4.39 Å². The maximum atomic E-state index is 13.7. The summed E-state index contributed by atoms with van der Waals surface area (Å²) in [4.78, 5) is 12.7. The van der Waals surface area contributed by atoms with Gasteiger partial charge in [0.15, 0.2) is 17.0 Å². The van der Waals surface area contributed by atoms with Crippen molar-refractivity contribution in [3.8, 4) is 11.5 Å². The van der Waals surface area contributed by atoms with Gasteiger partial charge in [-0.05, 0) is 35.9 Å². The third-order valence-corrected chi connectivity index (χ3v) is 4.63. The summed E-state index contributed by atoms with van der Waals surface area (Å²) in [7, 11) is 3.12. The molecule has 2 aromatic carbocycles. The van der Waals surface area contributed by atoms with Gasteiger partial charge in [-0.3, -0.25) is 4.79 Å². The van der Waals surface area contributed by atoms with E-state index >= 15 is 0 Å². The van der Waals surface area contributed by atoms with Crippen LogP contribution in [0.25, 0.3) is 6.08 Å². The molecule has 1 aliphatic heterocycles. The number of rotatable bonds is 5. The molecular weight excluding hydrogens is 343 g/mol. The molecule has 1 heterocycles. The lowest BCUT2D eigenvalue weighted by atomic mass is 10.2. The second kappa shape index (κ2) is 7.48. The van der Waals surface area contributed by atoms with Gasteiger partial charge in [0, 0.05) is 0 Å². The van der Waals surface area contributed by atoms with E-state index in [4.69, 9.17) is 9.47 Å². The van der Waals surface area contributed by atoms with Gasteiger partial charge in [-0.15, -0.1) is 0 Å². The minimum Gasteiger partial charge on any atom is -0.493 e. The molecule has 0 bridgehead atoms. The molecule has 1 saturated heterocycles. The molecule has 25 heavy (non-hydrogen) atoms. The molecule has 5 nitrogen and oxygen atoms in total. The third kappa shape index (κ3) is 3.88. The van der Waals surface area contributed by atoms with Crippen LogP contribution in [0.5, 0.6) is 11.5 Å². The molecule has 0 aromatic heterocycles. The van der Waals surface area contributed by atoms with Crippen LogP contribution in [0.4, 0.5) is 10.1 Å². The predicted octanol–water partition coefficient (Wildman–Crippen LogP) is 3.44. The first-order chi connectivity index (χ1) is 12.1. The largest absolute Gasteiger partial charge is 0.493 e. The third-order valence-electron chi connectivity index (χ3n) is 3.60. The fourth-order valence-electron chi connectivity index (χ4n) is 2.38. The number of para-hydroxylation sites is 1. The number of anilines is 1. The number of thioether (sulfide) groups is 1. The van der Waals surface area contributed by atoms with Gasteiger partial charge in [0.2, 0.25) is 0 Å². The van der Waals surface area contributed by atoms with E-state index in [2.05, 4.69) is 10.6 Å². The number of amides is 1. The molecular formula is C18H17FN2O3S. The minimum atomic E-state index is -0.434. The standard InChI is InChI=1S/C18H17FN2O3S/c1-23-14-8-7-11(9-15(14)24-2)10-16-17(22)21-18(25-16)20-13-6-4-3-5-12(13)19/h3-10,18,20H,1-2H3,(H,21,22)/b16-10-. The van der Waals surface area contributed by atoms with Crippen LogP contribution in [-0.2, 0) is 4.79 Å². The SMILES string of the molecule is COc1ccc(/C=C2\SC(Nc3ccccc3F)NC2=O)cc1OC. The molecule has 0 saturated carbocycles. The Kier molecular flexibility index (Phi) is 5.14. The lowest BCUT2D eigenvalue weighted by molar-refractivity contribution is -0.116. The average Bonchev–Trinajstić information content (AvgIpc) is 2.96. The molecule has 130 valence electrons. The molecule has 0 aliphatic carbocycles. The highest BCUT2D eigenvalue weighted by Gasteiger charge is 2.27. The molecule has 3 rings (SSSR count). The fraction of sp³-hybridized carbons (Fsp3) is 0.167. The van der Waals surface area contributed by atoms with Crippen molar-refractivity contribution in [1.82, 2.24) is 5.32 Å². The first-order valence-electron chi connectivity index (χ1n) is 7.53. The fourth-order valence-corrected chi connectivity index (χ4v) is 3.35. The van der Waals surface area contributed by atoms with Crippen molar-refractivity contribution in [2.45, 2.75) is 5.50 Å². The molecule has 7 heteroatoms. The highest BCUT2D eigenvalue weighted by Crippen LogP contribution is 2.33. The van der Waals surface area contributed by atoms with Gasteiger partial charge < -0.3 is 20.1 Å². The van der Waals surface area contributed by atoms with Crippen LogP contribution in [0.2, 0.25) is 0 Å². The number of ether oxygens (including phenoxy) is 2. The Morgan fingerprint density at radius 3 is 2.64 bits per heavy atom. The topological polar surface area (TPSA) is 59.6 Å². The van der Waals surface area contributed by atoms with Crippen LogP contribution in [0.3, 0.4) is 0 Å². The molecule has 2 aromatic rings. The average molecular weight is 360 g/mol. The van der Waals surface area contributed by atoms with E-state index in [1.165, 1.54) is 17.8 Å². The maximum absolute atomic E-state index is 13.7. The summed E-state index contributed by atoms with van der Waals surface area (Å²) in [6.45, 7) is 0. The Hall–Kier alpha value is -2.67. The number of benzene rings is 2. The first kappa shape index (κ1) is 17.2. The lowest BCUT2D eigenvalue weighted by Gasteiger charge is -2.13. The van der Waals surface area contributed by atoms with Crippen molar-refractivity contribution in [2.75, 3.05) is 19.5 Å². The number of methoxy groups -OCH3 is 2. The highest BCUT2D eigenvalue weighted by atomic mass is 32.2. The van der Waals surface area contributed by atoms with Gasteiger partial charge in [0.1, 0.15) is 5.82 Å². The Bertz CT molecular complexity index is 826. The van der Waals surface area contributed by atoms with Crippen LogP contribution in [-0.4, -0.2) is 25.6 Å². The van der Waals surface area contributed by atoms with Gasteiger partial charge >= 0.3 is 0 Å². The summed E-state index contributed by atoms with van der Waals surface area (Å²) in [5, 5.41) is 5.74. The van der Waals surface area contributed by atoms with Crippen molar-refractivity contribution in [2.24, 2.45) is 0 Å². The van der Waals surface area contributed by atoms with Crippen LogP contribution in [0, 0.1) is 5.82 Å². The zero-order valence-corrected chi connectivity index (χ0v) is 14.5. The smallest absolute Gasteiger partial charge is 0.260 e. The van der Waals surface area contributed by atoms with Crippen LogP contribution in [0.1, 0.15) is 5.56 Å². The molecule has 0 radical (unpaired) electrons. The molecule has 0 spiro atoms. The lowest BCUT2D eigenvalue weighted by Crippen LogP contribution is -2.31. The number of nitrogens with one attached hydrogen (secondary N) is 2. The monoisotopic (exact) mass is 360 g/mol. The first-order valence-corrected chi connectivity index (χ1v) is 8.41. The molecule has 1 aliphatic rings. The zero-order chi connectivity index (χ0) is 17.8. The van der Waals surface area contributed by atoms with Crippen molar-refractivity contribution < 1.29 is 18.7 Å². The second-order valence-electron chi connectivity index (χ2n) is 5.22. The summed E-state index contributed by atoms with van der Waals surface area (Å²) in [5.74, 6) is 0.622. The number of halogens is 1. The zero-order valence-electron chi connectivity index (χ0n) is 13.7. The molecule has 1 unspecified atom stereocenters. The summed E-state index contributed by atoms with van der Waals surface area (Å²) in [6.07, 6.45) is 1.75. The summed E-state index contributed by atoms with van der Waals surface area (Å²) >= 11 is 1.29. The predicted molar refractivity (Wildman–Crippen MR) is 97.1 cm³/mol. The van der Waals surface area contributed by atoms with Gasteiger partial charge in [-0.2, -0.15) is 0 Å². The Labute approximate surface area is 149 Å². The van der Waals surface area contributed by atoms with E-state index in [1.54, 1.807) is 50.6 Å². The van der Waals surface area contributed by atoms with E-state index in [1.807, 2.05) is 6.07 Å². The van der Waals surface area contributed by atoms with E-state index in [0.717, 1.165) is 5.56 Å². The summed E-state index contributed by atoms with van der Waals surface area (Å²) in [6, 6.07) is 11.7. The van der Waals surface area contributed by atoms with Gasteiger partial charge in [0.25, 0.3) is 5.91 Å². The van der Waals surface area contributed by atoms with Crippen molar-refractivity contribution in [3.05, 3.63) is 58.8 Å². The second-order valence-corrected chi connectivity index (χ2v) is 6.37. The Morgan fingerprint density at radius 2 is 1.92 bits per heavy atom. The van der Waals surface area contributed by atoms with Gasteiger partial charge in [-0.1, -0.05) is 30.0 Å². The maximum Gasteiger partial charge on any atom is 0.260 e. The summed E-state index contributed by atoms with van der Waals surface area (Å²) < 4.78 is 24.2.